The number of aromatic hydroxyl groups is 1. The van der Waals surface area contributed by atoms with Crippen LogP contribution in [-0.2, 0) is 21.4 Å². The minimum absolute atomic E-state index is 0.00599. The third-order valence-corrected chi connectivity index (χ3v) is 5.52. The van der Waals surface area contributed by atoms with Crippen LogP contribution in [0.25, 0.3) is 0 Å². The molecule has 0 saturated carbocycles. The van der Waals surface area contributed by atoms with E-state index in [1.165, 1.54) is 12.1 Å². The number of hydrogen-bond acceptors (Lipinski definition) is 5. The van der Waals surface area contributed by atoms with Gasteiger partial charge in [0.15, 0.2) is 0 Å². The topological polar surface area (TPSA) is 130 Å². The molecule has 0 bridgehead atoms. The van der Waals surface area contributed by atoms with E-state index >= 15 is 0 Å². The van der Waals surface area contributed by atoms with Crippen molar-refractivity contribution in [1.29, 1.82) is 0 Å². The molecule has 3 rings (SSSR count). The number of hydrogen-bond donors (Lipinski definition) is 3. The molecule has 1 aliphatic heterocycles. The first-order chi connectivity index (χ1) is 12.2. The van der Waals surface area contributed by atoms with Gasteiger partial charge in [-0.25, -0.2) is 9.03 Å². The monoisotopic (exact) mass is 375 g/mol. The quantitative estimate of drug-likeness (QED) is 0.719. The van der Waals surface area contributed by atoms with Crippen LogP contribution in [0.4, 0.5) is 5.69 Å². The van der Waals surface area contributed by atoms with Gasteiger partial charge < -0.3 is 10.8 Å². The predicted octanol–water partition coefficient (Wildman–Crippen LogP) is 0.571. The van der Waals surface area contributed by atoms with Crippen LogP contribution in [0.3, 0.4) is 0 Å². The van der Waals surface area contributed by atoms with Crippen LogP contribution < -0.4 is 14.8 Å². The fourth-order valence-electron chi connectivity index (χ4n) is 3.00. The Morgan fingerprint density at radius 1 is 1.31 bits per heavy atom. The van der Waals surface area contributed by atoms with Crippen molar-refractivity contribution in [2.75, 3.05) is 10.8 Å². The molecule has 9 heteroatoms. The third kappa shape index (κ3) is 3.21. The van der Waals surface area contributed by atoms with Crippen LogP contribution >= 0.6 is 0 Å². The van der Waals surface area contributed by atoms with E-state index in [1.807, 2.05) is 4.72 Å². The molecule has 0 aliphatic carbocycles. The molecule has 26 heavy (non-hydrogen) atoms. The van der Waals surface area contributed by atoms with Gasteiger partial charge in [-0.2, -0.15) is 8.42 Å². The average Bonchev–Trinajstić information content (AvgIpc) is 2.79. The zero-order valence-electron chi connectivity index (χ0n) is 13.9. The summed E-state index contributed by atoms with van der Waals surface area (Å²) >= 11 is 0. The number of benzene rings is 2. The lowest BCUT2D eigenvalue weighted by Crippen LogP contribution is -2.29. The van der Waals surface area contributed by atoms with E-state index in [2.05, 4.69) is 0 Å². The minimum atomic E-state index is -3.99. The van der Waals surface area contributed by atoms with Gasteiger partial charge in [0.1, 0.15) is 12.3 Å². The number of nitrogens with zero attached hydrogens (tertiary/aromatic N) is 1. The molecule has 4 N–H and O–H groups in total. The van der Waals surface area contributed by atoms with Gasteiger partial charge in [0.05, 0.1) is 5.69 Å². The normalized spacial score (nSPS) is 15.7. The minimum Gasteiger partial charge on any atom is -0.506 e. The van der Waals surface area contributed by atoms with Gasteiger partial charge in [-0.1, -0.05) is 24.3 Å². The molecule has 2 aromatic carbocycles. The number of primary amides is 1. The lowest BCUT2D eigenvalue weighted by Gasteiger charge is -2.17. The molecular weight excluding hydrogens is 358 g/mol. The first-order valence-corrected chi connectivity index (χ1v) is 9.16. The zero-order chi connectivity index (χ0) is 19.1. The number of carbonyl (C=O) groups is 2. The summed E-state index contributed by atoms with van der Waals surface area (Å²) in [6.45, 7) is 1.39. The summed E-state index contributed by atoms with van der Waals surface area (Å²) in [5.74, 6) is -1.48. The van der Waals surface area contributed by atoms with E-state index in [-0.39, 0.29) is 18.0 Å². The van der Waals surface area contributed by atoms with E-state index < -0.39 is 22.0 Å². The maximum atomic E-state index is 11.9. The number of rotatable bonds is 4. The van der Waals surface area contributed by atoms with Crippen LogP contribution in [0.15, 0.2) is 36.4 Å². The third-order valence-electron chi connectivity index (χ3n) is 4.13. The maximum Gasteiger partial charge on any atom is 0.326 e. The summed E-state index contributed by atoms with van der Waals surface area (Å²) < 4.78 is 26.4. The molecule has 0 atom stereocenters. The molecule has 8 nitrogen and oxygen atoms in total. The van der Waals surface area contributed by atoms with Crippen molar-refractivity contribution in [2.24, 2.45) is 5.73 Å². The Morgan fingerprint density at radius 3 is 2.62 bits per heavy atom. The highest BCUT2D eigenvalue weighted by Crippen LogP contribution is 2.32. The SMILES string of the molecule is Cc1cccc(Cc2ccc(N3CC(=O)NS3(=O)=O)c(O)c2)c1C(N)=O. The fourth-order valence-corrected chi connectivity index (χ4v) is 4.16. The van der Waals surface area contributed by atoms with Gasteiger partial charge in [0, 0.05) is 5.56 Å². The van der Waals surface area contributed by atoms with Crippen LogP contribution in [0, 0.1) is 6.92 Å². The molecule has 0 aromatic heterocycles. The Balaban J connectivity index is 1.94. The lowest BCUT2D eigenvalue weighted by molar-refractivity contribution is -0.117. The number of nitrogens with two attached hydrogens (primary N) is 1. The van der Waals surface area contributed by atoms with Gasteiger partial charge >= 0.3 is 10.2 Å². The summed E-state index contributed by atoms with van der Waals surface area (Å²) in [6, 6.07) is 9.81. The van der Waals surface area contributed by atoms with E-state index in [0.717, 1.165) is 9.87 Å². The second kappa shape index (κ2) is 6.34. The first kappa shape index (κ1) is 17.7. The smallest absolute Gasteiger partial charge is 0.326 e. The molecule has 2 aromatic rings. The molecule has 2 amide bonds. The highest BCUT2D eigenvalue weighted by Gasteiger charge is 2.35. The van der Waals surface area contributed by atoms with Crippen molar-refractivity contribution in [2.45, 2.75) is 13.3 Å². The van der Waals surface area contributed by atoms with Gasteiger partial charge in [0.2, 0.25) is 5.91 Å². The number of anilines is 1. The summed E-state index contributed by atoms with van der Waals surface area (Å²) in [7, 11) is -3.99. The second-order valence-corrected chi connectivity index (χ2v) is 7.61. The number of amides is 2. The van der Waals surface area contributed by atoms with Crippen molar-refractivity contribution in [3.63, 3.8) is 0 Å². The van der Waals surface area contributed by atoms with Crippen LogP contribution in [-0.4, -0.2) is 31.9 Å². The molecular formula is C17H17N3O5S. The van der Waals surface area contributed by atoms with Gasteiger partial charge in [-0.15, -0.1) is 0 Å². The Kier molecular flexibility index (Phi) is 4.33. The largest absolute Gasteiger partial charge is 0.506 e. The van der Waals surface area contributed by atoms with Gasteiger partial charge in [-0.3, -0.25) is 9.59 Å². The molecule has 1 fully saturated rings. The van der Waals surface area contributed by atoms with E-state index in [9.17, 15) is 23.1 Å². The van der Waals surface area contributed by atoms with Crippen molar-refractivity contribution >= 4 is 27.7 Å². The summed E-state index contributed by atoms with van der Waals surface area (Å²) in [5.41, 5.74) is 8.00. The molecule has 1 saturated heterocycles. The standard InChI is InChI=1S/C17H17N3O5S/c1-10-3-2-4-12(16(10)17(18)23)7-11-5-6-13(14(21)8-11)20-9-15(22)19-26(20,24)25/h2-6,8,21H,7,9H2,1H3,(H2,18,23)(H,19,22). The zero-order valence-corrected chi connectivity index (χ0v) is 14.7. The molecule has 136 valence electrons. The maximum absolute atomic E-state index is 11.9. The van der Waals surface area contributed by atoms with Crippen molar-refractivity contribution < 1.29 is 23.1 Å². The highest BCUT2D eigenvalue weighted by atomic mass is 32.2. The summed E-state index contributed by atoms with van der Waals surface area (Å²) in [6.07, 6.45) is 0.331. The van der Waals surface area contributed by atoms with Crippen LogP contribution in [0.2, 0.25) is 0 Å². The van der Waals surface area contributed by atoms with Crippen molar-refractivity contribution in [1.82, 2.24) is 4.72 Å². The molecule has 0 spiro atoms. The second-order valence-electron chi connectivity index (χ2n) is 6.01. The van der Waals surface area contributed by atoms with Gasteiger partial charge in [0.25, 0.3) is 5.91 Å². The van der Waals surface area contributed by atoms with Crippen LogP contribution in [0.1, 0.15) is 27.0 Å². The summed E-state index contributed by atoms with van der Waals surface area (Å²) in [5, 5.41) is 10.2. The number of phenols is 1. The number of nitrogens with one attached hydrogen (secondary N) is 1. The van der Waals surface area contributed by atoms with Crippen molar-refractivity contribution in [3.8, 4) is 5.75 Å². The molecule has 1 heterocycles. The molecule has 0 radical (unpaired) electrons. The highest BCUT2D eigenvalue weighted by molar-refractivity contribution is 7.92. The average molecular weight is 375 g/mol. The summed E-state index contributed by atoms with van der Waals surface area (Å²) in [4.78, 5) is 23.0. The predicted molar refractivity (Wildman–Crippen MR) is 95.0 cm³/mol. The molecule has 0 unspecified atom stereocenters. The number of carbonyl (C=O) groups excluding carboxylic acids is 2. The van der Waals surface area contributed by atoms with Crippen molar-refractivity contribution in [3.05, 3.63) is 58.7 Å². The van der Waals surface area contributed by atoms with E-state index in [1.54, 1.807) is 31.2 Å². The Hall–Kier alpha value is -3.07. The Morgan fingerprint density at radius 2 is 2.04 bits per heavy atom. The lowest BCUT2D eigenvalue weighted by atomic mass is 9.95. The van der Waals surface area contributed by atoms with Gasteiger partial charge in [-0.05, 0) is 42.2 Å². The Bertz CT molecular complexity index is 1020. The number of phenolic OH excluding ortho intramolecular Hbond substituents is 1. The Labute approximate surface area is 150 Å². The molecule has 1 aliphatic rings. The first-order valence-electron chi connectivity index (χ1n) is 7.72. The number of aryl methyl sites for hydroxylation is 1. The fraction of sp³-hybridized carbons (Fsp3) is 0.176. The van der Waals surface area contributed by atoms with E-state index in [4.69, 9.17) is 5.73 Å². The van der Waals surface area contributed by atoms with E-state index in [0.29, 0.717) is 23.1 Å². The van der Waals surface area contributed by atoms with Crippen LogP contribution in [0.5, 0.6) is 5.75 Å².